The number of hydrogen-bond acceptors (Lipinski definition) is 5. The van der Waals surface area contributed by atoms with Gasteiger partial charge in [-0.3, -0.25) is 14.5 Å². The van der Waals surface area contributed by atoms with Gasteiger partial charge in [-0.25, -0.2) is 4.79 Å². The fourth-order valence-corrected chi connectivity index (χ4v) is 3.22. The lowest BCUT2D eigenvalue weighted by Crippen LogP contribution is -2.44. The Morgan fingerprint density at radius 1 is 1.21 bits per heavy atom. The van der Waals surface area contributed by atoms with Gasteiger partial charge in [0, 0.05) is 13.1 Å². The molecule has 0 aliphatic carbocycles. The van der Waals surface area contributed by atoms with Crippen LogP contribution in [0.5, 0.6) is 11.5 Å². The third kappa shape index (κ3) is 3.45. The first kappa shape index (κ1) is 19.5. The second-order valence-corrected chi connectivity index (χ2v) is 6.68. The molecule has 3 rings (SSSR count). The van der Waals surface area contributed by atoms with Crippen molar-refractivity contribution < 1.29 is 23.9 Å². The SMILES string of the molecule is C=CCN(CC=C)C(=O)CN1C(=O)N[C@@](C)(c2ccc3c(c2)OCCO3)C1=O. The summed E-state index contributed by atoms with van der Waals surface area (Å²) in [7, 11) is 0. The molecule has 1 aromatic carbocycles. The largest absolute Gasteiger partial charge is 0.486 e. The molecule has 0 aromatic heterocycles. The topological polar surface area (TPSA) is 88.2 Å². The monoisotopic (exact) mass is 385 g/mol. The minimum atomic E-state index is -1.30. The molecule has 1 atom stereocenters. The van der Waals surface area contributed by atoms with Crippen LogP contribution in [0.1, 0.15) is 12.5 Å². The number of imide groups is 1. The van der Waals surface area contributed by atoms with Gasteiger partial charge in [-0.15, -0.1) is 13.2 Å². The summed E-state index contributed by atoms with van der Waals surface area (Å²) in [5.41, 5.74) is -0.742. The highest BCUT2D eigenvalue weighted by Gasteiger charge is 2.50. The molecule has 0 unspecified atom stereocenters. The van der Waals surface area contributed by atoms with Crippen molar-refractivity contribution >= 4 is 17.8 Å². The average molecular weight is 385 g/mol. The summed E-state index contributed by atoms with van der Waals surface area (Å²) in [5, 5.41) is 2.69. The summed E-state index contributed by atoms with van der Waals surface area (Å²) in [4.78, 5) is 40.4. The lowest BCUT2D eigenvalue weighted by molar-refractivity contribution is -0.138. The Labute approximate surface area is 163 Å². The number of amides is 4. The van der Waals surface area contributed by atoms with E-state index in [1.165, 1.54) is 4.90 Å². The third-order valence-electron chi connectivity index (χ3n) is 4.74. The predicted octanol–water partition coefficient (Wildman–Crippen LogP) is 1.43. The van der Waals surface area contributed by atoms with Gasteiger partial charge in [0.1, 0.15) is 25.3 Å². The molecular weight excluding hydrogens is 362 g/mol. The zero-order chi connectivity index (χ0) is 20.3. The van der Waals surface area contributed by atoms with Crippen molar-refractivity contribution in [3.05, 3.63) is 49.1 Å². The third-order valence-corrected chi connectivity index (χ3v) is 4.74. The van der Waals surface area contributed by atoms with Gasteiger partial charge < -0.3 is 19.7 Å². The van der Waals surface area contributed by atoms with Crippen molar-refractivity contribution in [2.75, 3.05) is 32.8 Å². The number of urea groups is 1. The molecule has 28 heavy (non-hydrogen) atoms. The number of benzene rings is 1. The van der Waals surface area contributed by atoms with Gasteiger partial charge >= 0.3 is 6.03 Å². The van der Waals surface area contributed by atoms with Gasteiger partial charge in [0.05, 0.1) is 0 Å². The van der Waals surface area contributed by atoms with Crippen molar-refractivity contribution in [1.29, 1.82) is 0 Å². The van der Waals surface area contributed by atoms with Crippen LogP contribution in [0.4, 0.5) is 4.79 Å². The molecule has 0 spiro atoms. The summed E-state index contributed by atoms with van der Waals surface area (Å²) in [6, 6.07) is 4.48. The summed E-state index contributed by atoms with van der Waals surface area (Å²) >= 11 is 0. The van der Waals surface area contributed by atoms with E-state index < -0.39 is 17.5 Å². The average Bonchev–Trinajstić information content (AvgIpc) is 2.91. The molecule has 1 N–H and O–H groups in total. The highest BCUT2D eigenvalue weighted by molar-refractivity contribution is 6.09. The maximum Gasteiger partial charge on any atom is 0.325 e. The molecule has 0 radical (unpaired) electrons. The van der Waals surface area contributed by atoms with E-state index in [1.54, 1.807) is 37.3 Å². The molecule has 1 aromatic rings. The van der Waals surface area contributed by atoms with Crippen molar-refractivity contribution in [2.45, 2.75) is 12.5 Å². The van der Waals surface area contributed by atoms with Crippen LogP contribution in [0.3, 0.4) is 0 Å². The molecule has 0 bridgehead atoms. The summed E-state index contributed by atoms with van der Waals surface area (Å²) in [6.45, 7) is 9.95. The standard InChI is InChI=1S/C20H23N3O5/c1-4-8-22(9-5-2)17(24)13-23-18(25)20(3,21-19(23)26)14-6-7-15-16(12-14)28-11-10-27-15/h4-7,12H,1-2,8-11,13H2,3H3,(H,21,26)/t20-/m0/s1. The van der Waals surface area contributed by atoms with E-state index in [0.29, 0.717) is 43.4 Å². The second kappa shape index (κ2) is 7.75. The van der Waals surface area contributed by atoms with Crippen molar-refractivity contribution in [3.63, 3.8) is 0 Å². The number of nitrogens with zero attached hydrogens (tertiary/aromatic N) is 2. The van der Waals surface area contributed by atoms with Crippen LogP contribution in [0.2, 0.25) is 0 Å². The Hall–Kier alpha value is -3.29. The van der Waals surface area contributed by atoms with Gasteiger partial charge in [-0.2, -0.15) is 0 Å². The van der Waals surface area contributed by atoms with Gasteiger partial charge in [-0.1, -0.05) is 18.2 Å². The van der Waals surface area contributed by atoms with Crippen LogP contribution >= 0.6 is 0 Å². The number of ether oxygens (including phenoxy) is 2. The number of carbonyl (C=O) groups excluding carboxylic acids is 3. The van der Waals surface area contributed by atoms with Crippen LogP contribution in [0.15, 0.2) is 43.5 Å². The molecule has 1 saturated heterocycles. The normalized spacial score (nSPS) is 20.5. The lowest BCUT2D eigenvalue weighted by atomic mass is 9.91. The molecule has 1 fully saturated rings. The van der Waals surface area contributed by atoms with E-state index in [4.69, 9.17) is 9.47 Å². The summed E-state index contributed by atoms with van der Waals surface area (Å²) in [6.07, 6.45) is 3.15. The smallest absolute Gasteiger partial charge is 0.325 e. The van der Waals surface area contributed by atoms with E-state index in [0.717, 1.165) is 4.90 Å². The Bertz CT molecular complexity index is 827. The van der Waals surface area contributed by atoms with E-state index in [-0.39, 0.29) is 12.5 Å². The van der Waals surface area contributed by atoms with Gasteiger partial charge in [0.25, 0.3) is 5.91 Å². The molecule has 2 heterocycles. The maximum absolute atomic E-state index is 13.0. The molecule has 8 nitrogen and oxygen atoms in total. The first-order chi connectivity index (χ1) is 13.4. The predicted molar refractivity (Wildman–Crippen MR) is 102 cm³/mol. The Morgan fingerprint density at radius 3 is 2.50 bits per heavy atom. The fourth-order valence-electron chi connectivity index (χ4n) is 3.22. The van der Waals surface area contributed by atoms with Gasteiger partial charge in [-0.05, 0) is 24.6 Å². The summed E-state index contributed by atoms with van der Waals surface area (Å²) in [5.74, 6) is 0.242. The molecule has 8 heteroatoms. The minimum absolute atomic E-state index is 0.300. The van der Waals surface area contributed by atoms with Crippen molar-refractivity contribution in [2.24, 2.45) is 0 Å². The number of fused-ring (bicyclic) bond motifs is 1. The van der Waals surface area contributed by atoms with Crippen LogP contribution in [-0.4, -0.2) is 60.5 Å². The number of carbonyl (C=O) groups is 3. The number of nitrogens with one attached hydrogen (secondary N) is 1. The minimum Gasteiger partial charge on any atom is -0.486 e. The molecule has 148 valence electrons. The Morgan fingerprint density at radius 2 is 1.86 bits per heavy atom. The summed E-state index contributed by atoms with van der Waals surface area (Å²) < 4.78 is 11.1. The number of rotatable bonds is 7. The highest BCUT2D eigenvalue weighted by atomic mass is 16.6. The van der Waals surface area contributed by atoms with Crippen LogP contribution in [0, 0.1) is 0 Å². The first-order valence-electron chi connectivity index (χ1n) is 8.94. The zero-order valence-corrected chi connectivity index (χ0v) is 15.8. The van der Waals surface area contributed by atoms with Gasteiger partial charge in [0.2, 0.25) is 5.91 Å². The van der Waals surface area contributed by atoms with E-state index >= 15 is 0 Å². The quantitative estimate of drug-likeness (QED) is 0.567. The first-order valence-corrected chi connectivity index (χ1v) is 8.94. The van der Waals surface area contributed by atoms with E-state index in [2.05, 4.69) is 18.5 Å². The van der Waals surface area contributed by atoms with Crippen LogP contribution in [0.25, 0.3) is 0 Å². The number of hydrogen-bond donors (Lipinski definition) is 1. The molecule has 4 amide bonds. The van der Waals surface area contributed by atoms with E-state index in [1.807, 2.05) is 0 Å². The fraction of sp³-hybridized carbons (Fsp3) is 0.350. The van der Waals surface area contributed by atoms with E-state index in [9.17, 15) is 14.4 Å². The molecular formula is C20H23N3O5. The van der Waals surface area contributed by atoms with Gasteiger partial charge in [0.15, 0.2) is 11.5 Å². The Balaban J connectivity index is 1.81. The van der Waals surface area contributed by atoms with Crippen LogP contribution in [-0.2, 0) is 15.1 Å². The highest BCUT2D eigenvalue weighted by Crippen LogP contribution is 2.36. The zero-order valence-electron chi connectivity index (χ0n) is 15.8. The van der Waals surface area contributed by atoms with Crippen molar-refractivity contribution in [3.8, 4) is 11.5 Å². The molecule has 2 aliphatic rings. The second-order valence-electron chi connectivity index (χ2n) is 6.68. The van der Waals surface area contributed by atoms with Crippen LogP contribution < -0.4 is 14.8 Å². The molecule has 0 saturated carbocycles. The van der Waals surface area contributed by atoms with Crippen molar-refractivity contribution in [1.82, 2.24) is 15.1 Å². The molecule has 2 aliphatic heterocycles. The maximum atomic E-state index is 13.0. The lowest BCUT2D eigenvalue weighted by Gasteiger charge is -2.26. The Kier molecular flexibility index (Phi) is 5.39.